The third-order valence-corrected chi connectivity index (χ3v) is 5.68. The molecule has 0 radical (unpaired) electrons. The number of hydrogen-bond acceptors (Lipinski definition) is 4. The Labute approximate surface area is 157 Å². The minimum atomic E-state index is -0.578. The zero-order valence-corrected chi connectivity index (χ0v) is 16.0. The van der Waals surface area contributed by atoms with E-state index in [0.717, 1.165) is 25.8 Å². The van der Waals surface area contributed by atoms with E-state index < -0.39 is 11.2 Å². The molecule has 8 heteroatoms. The third kappa shape index (κ3) is 4.48. The van der Waals surface area contributed by atoms with E-state index in [2.05, 4.69) is 23.8 Å². The maximum atomic E-state index is 12.6. The second-order valence-corrected chi connectivity index (χ2v) is 8.04. The molecule has 0 saturated carbocycles. The molecule has 0 spiro atoms. The van der Waals surface area contributed by atoms with Crippen molar-refractivity contribution in [3.8, 4) is 0 Å². The first-order valence-electron chi connectivity index (χ1n) is 9.73. The van der Waals surface area contributed by atoms with Crippen molar-refractivity contribution in [3.05, 3.63) is 32.6 Å². The minimum Gasteiger partial charge on any atom is -0.342 e. The van der Waals surface area contributed by atoms with Gasteiger partial charge in [-0.3, -0.25) is 19.4 Å². The summed E-state index contributed by atoms with van der Waals surface area (Å²) in [6.45, 7) is 6.32. The molecule has 2 aliphatic rings. The number of likely N-dealkylation sites (tertiary alicyclic amines) is 2. The summed E-state index contributed by atoms with van der Waals surface area (Å²) in [5.41, 5.74) is -0.838. The average molecular weight is 376 g/mol. The van der Waals surface area contributed by atoms with Crippen LogP contribution in [0.25, 0.3) is 0 Å². The van der Waals surface area contributed by atoms with Gasteiger partial charge in [0.2, 0.25) is 11.8 Å². The van der Waals surface area contributed by atoms with Gasteiger partial charge in [0.15, 0.2) is 0 Å². The quantitative estimate of drug-likeness (QED) is 0.780. The molecule has 27 heavy (non-hydrogen) atoms. The number of nitrogens with one attached hydrogen (secondary N) is 2. The van der Waals surface area contributed by atoms with E-state index in [1.807, 2.05) is 4.90 Å². The number of rotatable bonds is 5. The number of fused-ring (bicyclic) bond motifs is 1. The van der Waals surface area contributed by atoms with E-state index in [1.165, 1.54) is 6.20 Å². The summed E-state index contributed by atoms with van der Waals surface area (Å²) in [6, 6.07) is 0.213. The normalized spacial score (nSPS) is 22.9. The van der Waals surface area contributed by atoms with Gasteiger partial charge in [0.1, 0.15) is 0 Å². The summed E-state index contributed by atoms with van der Waals surface area (Å²) >= 11 is 0. The van der Waals surface area contributed by atoms with E-state index in [4.69, 9.17) is 0 Å². The van der Waals surface area contributed by atoms with E-state index >= 15 is 0 Å². The zero-order valence-electron chi connectivity index (χ0n) is 16.0. The highest BCUT2D eigenvalue weighted by atomic mass is 16.2. The van der Waals surface area contributed by atoms with E-state index in [9.17, 15) is 19.2 Å². The van der Waals surface area contributed by atoms with Crippen molar-refractivity contribution < 1.29 is 9.59 Å². The van der Waals surface area contributed by atoms with Crippen LogP contribution in [0.5, 0.6) is 0 Å². The molecule has 2 aliphatic heterocycles. The Morgan fingerprint density at radius 2 is 2.04 bits per heavy atom. The van der Waals surface area contributed by atoms with Crippen molar-refractivity contribution in [2.45, 2.75) is 52.0 Å². The highest BCUT2D eigenvalue weighted by Crippen LogP contribution is 2.32. The van der Waals surface area contributed by atoms with Gasteiger partial charge >= 0.3 is 5.69 Å². The molecule has 8 nitrogen and oxygen atoms in total. The largest absolute Gasteiger partial charge is 0.342 e. The molecule has 2 N–H and O–H groups in total. The van der Waals surface area contributed by atoms with Crippen molar-refractivity contribution in [1.82, 2.24) is 19.8 Å². The summed E-state index contributed by atoms with van der Waals surface area (Å²) in [5, 5.41) is 0. The number of H-pyrrole nitrogens is 2. The van der Waals surface area contributed by atoms with Crippen LogP contribution in [0.2, 0.25) is 0 Å². The smallest absolute Gasteiger partial charge is 0.325 e. The van der Waals surface area contributed by atoms with Crippen LogP contribution in [-0.2, 0) is 16.0 Å². The second-order valence-electron chi connectivity index (χ2n) is 8.04. The topological polar surface area (TPSA) is 106 Å². The number of carbonyl (C=O) groups is 2. The fraction of sp³-hybridized carbons (Fsp3) is 0.684. The lowest BCUT2D eigenvalue weighted by atomic mass is 9.83. The van der Waals surface area contributed by atoms with Gasteiger partial charge in [-0.15, -0.1) is 0 Å². The van der Waals surface area contributed by atoms with Gasteiger partial charge in [-0.05, 0) is 31.1 Å². The molecular formula is C19H28N4O4. The number of nitrogens with zero attached hydrogens (tertiary/aromatic N) is 2. The third-order valence-electron chi connectivity index (χ3n) is 5.68. The molecule has 0 aromatic carbocycles. The van der Waals surface area contributed by atoms with E-state index in [1.54, 1.807) is 4.90 Å². The molecule has 0 bridgehead atoms. The first kappa shape index (κ1) is 19.4. The van der Waals surface area contributed by atoms with E-state index in [-0.39, 0.29) is 29.8 Å². The molecule has 2 fully saturated rings. The fourth-order valence-corrected chi connectivity index (χ4v) is 4.11. The summed E-state index contributed by atoms with van der Waals surface area (Å²) in [7, 11) is 0. The molecule has 1 aromatic heterocycles. The molecule has 1 aromatic rings. The SMILES string of the molecule is CC(C)CCN1C(=O)CC[C@H]2CN(C(=O)Cc3c[nH]c(=O)[nH]c3=O)CC[C@H]21. The van der Waals surface area contributed by atoms with Gasteiger partial charge in [-0.25, -0.2) is 4.79 Å². The molecule has 0 aliphatic carbocycles. The lowest BCUT2D eigenvalue weighted by Crippen LogP contribution is -2.57. The van der Waals surface area contributed by atoms with Crippen molar-refractivity contribution in [1.29, 1.82) is 0 Å². The average Bonchev–Trinajstić information content (AvgIpc) is 2.62. The van der Waals surface area contributed by atoms with Crippen LogP contribution < -0.4 is 11.2 Å². The van der Waals surface area contributed by atoms with Crippen molar-refractivity contribution in [2.24, 2.45) is 11.8 Å². The molecular weight excluding hydrogens is 348 g/mol. The van der Waals surface area contributed by atoms with Crippen LogP contribution in [-0.4, -0.2) is 57.3 Å². The maximum absolute atomic E-state index is 12.6. The summed E-state index contributed by atoms with van der Waals surface area (Å²) < 4.78 is 0. The predicted octanol–water partition coefficient (Wildman–Crippen LogP) is 0.491. The number of amides is 2. The minimum absolute atomic E-state index is 0.0283. The number of aromatic nitrogens is 2. The van der Waals surface area contributed by atoms with Crippen LogP contribution in [0, 0.1) is 11.8 Å². The number of aromatic amines is 2. The van der Waals surface area contributed by atoms with Gasteiger partial charge in [0.25, 0.3) is 5.56 Å². The standard InChI is InChI=1S/C19H28N4O4/c1-12(2)5-8-23-15-6-7-22(11-13(15)3-4-16(23)24)17(25)9-14-10-20-19(27)21-18(14)26/h10,12-13,15H,3-9,11H2,1-2H3,(H2,20,21,26,27)/t13-,15+/m0/s1. The molecule has 148 valence electrons. The predicted molar refractivity (Wildman–Crippen MR) is 100 cm³/mol. The first-order chi connectivity index (χ1) is 12.8. The Bertz CT molecular complexity index is 812. The first-order valence-corrected chi connectivity index (χ1v) is 9.73. The molecule has 3 heterocycles. The van der Waals surface area contributed by atoms with Gasteiger partial charge in [0, 0.05) is 43.9 Å². The van der Waals surface area contributed by atoms with Crippen molar-refractivity contribution in [2.75, 3.05) is 19.6 Å². The van der Waals surface area contributed by atoms with Crippen LogP contribution in [0.15, 0.2) is 15.8 Å². The lowest BCUT2D eigenvalue weighted by Gasteiger charge is -2.47. The Balaban J connectivity index is 1.63. The second kappa shape index (κ2) is 8.10. The number of hydrogen-bond donors (Lipinski definition) is 2. The van der Waals surface area contributed by atoms with E-state index in [0.29, 0.717) is 31.3 Å². The van der Waals surface area contributed by atoms with Crippen LogP contribution >= 0.6 is 0 Å². The summed E-state index contributed by atoms with van der Waals surface area (Å²) in [5.74, 6) is 0.963. The Morgan fingerprint density at radius 3 is 2.74 bits per heavy atom. The van der Waals surface area contributed by atoms with Crippen LogP contribution in [0.4, 0.5) is 0 Å². The lowest BCUT2D eigenvalue weighted by molar-refractivity contribution is -0.144. The Kier molecular flexibility index (Phi) is 5.82. The molecule has 2 amide bonds. The van der Waals surface area contributed by atoms with Crippen LogP contribution in [0.1, 0.15) is 45.1 Å². The number of piperidine rings is 2. The van der Waals surface area contributed by atoms with Gasteiger partial charge < -0.3 is 14.8 Å². The van der Waals surface area contributed by atoms with Gasteiger partial charge in [-0.2, -0.15) is 0 Å². The molecule has 2 atom stereocenters. The van der Waals surface area contributed by atoms with Crippen molar-refractivity contribution in [3.63, 3.8) is 0 Å². The molecule has 3 rings (SSSR count). The Morgan fingerprint density at radius 1 is 1.26 bits per heavy atom. The molecule has 0 unspecified atom stereocenters. The van der Waals surface area contributed by atoms with Gasteiger partial charge in [-0.1, -0.05) is 13.8 Å². The van der Waals surface area contributed by atoms with Crippen LogP contribution in [0.3, 0.4) is 0 Å². The highest BCUT2D eigenvalue weighted by Gasteiger charge is 2.40. The monoisotopic (exact) mass is 376 g/mol. The Hall–Kier alpha value is -2.38. The fourth-order valence-electron chi connectivity index (χ4n) is 4.11. The van der Waals surface area contributed by atoms with Crippen molar-refractivity contribution >= 4 is 11.8 Å². The summed E-state index contributed by atoms with van der Waals surface area (Å²) in [4.78, 5) is 56.3. The highest BCUT2D eigenvalue weighted by molar-refractivity contribution is 5.79. The maximum Gasteiger partial charge on any atom is 0.325 e. The molecule has 2 saturated heterocycles. The zero-order chi connectivity index (χ0) is 19.6. The summed E-state index contributed by atoms with van der Waals surface area (Å²) in [6.07, 6.45) is 4.40. The number of carbonyl (C=O) groups excluding carboxylic acids is 2. The van der Waals surface area contributed by atoms with Gasteiger partial charge in [0.05, 0.1) is 6.42 Å².